The Hall–Kier alpha value is -5.25. The molecule has 10 nitrogen and oxygen atoms in total. The summed E-state index contributed by atoms with van der Waals surface area (Å²) in [6, 6.07) is 25.5. The Kier molecular flexibility index (Phi) is 7.17. The number of aliphatic imine (C=N–C) groups is 1. The van der Waals surface area contributed by atoms with Gasteiger partial charge >= 0.3 is 0 Å². The molecule has 0 aliphatic heterocycles. The van der Waals surface area contributed by atoms with E-state index in [1.54, 1.807) is 23.4 Å². The maximum Gasteiger partial charge on any atom is 0.283 e. The van der Waals surface area contributed by atoms with E-state index in [1.165, 1.54) is 16.7 Å². The van der Waals surface area contributed by atoms with Crippen LogP contribution < -0.4 is 5.56 Å². The van der Waals surface area contributed by atoms with Crippen LogP contribution in [-0.4, -0.2) is 49.8 Å². The normalized spacial score (nSPS) is 11.2. The Morgan fingerprint density at radius 3 is 2.03 bits per heavy atom. The zero-order valence-corrected chi connectivity index (χ0v) is 21.4. The summed E-state index contributed by atoms with van der Waals surface area (Å²) < 4.78 is 1.47. The number of benzene rings is 3. The molecule has 2 heterocycles. The number of nitrogens with zero attached hydrogens (tertiary/aromatic N) is 7. The first-order chi connectivity index (χ1) is 18.9. The van der Waals surface area contributed by atoms with E-state index in [-0.39, 0.29) is 34.9 Å². The van der Waals surface area contributed by atoms with E-state index in [1.807, 2.05) is 74.8 Å². The zero-order valence-electron chi connectivity index (χ0n) is 21.4. The van der Waals surface area contributed by atoms with Gasteiger partial charge in [0.15, 0.2) is 11.2 Å². The molecule has 39 heavy (non-hydrogen) atoms. The number of fused-ring (bicyclic) bond motifs is 1. The van der Waals surface area contributed by atoms with Gasteiger partial charge < -0.3 is 4.90 Å². The van der Waals surface area contributed by atoms with Crippen molar-refractivity contribution in [2.75, 3.05) is 14.1 Å². The van der Waals surface area contributed by atoms with Gasteiger partial charge in [-0.1, -0.05) is 72.8 Å². The van der Waals surface area contributed by atoms with E-state index in [9.17, 15) is 14.9 Å². The fourth-order valence-corrected chi connectivity index (χ4v) is 4.11. The number of hydrogen-bond acceptors (Lipinski definition) is 7. The maximum absolute atomic E-state index is 13.8. The number of aryl methyl sites for hydroxylation is 1. The zero-order chi connectivity index (χ0) is 27.4. The van der Waals surface area contributed by atoms with Crippen molar-refractivity contribution in [3.8, 4) is 22.5 Å². The van der Waals surface area contributed by atoms with Crippen molar-refractivity contribution < 1.29 is 4.92 Å². The number of nitro groups is 1. The highest BCUT2D eigenvalue weighted by Crippen LogP contribution is 2.30. The SMILES string of the molecule is CN(C)/C=N/c1nc2nc(-c3ccccc3)c(-c3ccccc3)nc2c(=O)n1CCc1ccc([N+](=O)[O-])cc1. The third kappa shape index (κ3) is 5.54. The minimum atomic E-state index is -0.442. The van der Waals surface area contributed by atoms with E-state index in [0.29, 0.717) is 17.8 Å². The van der Waals surface area contributed by atoms with E-state index in [2.05, 4.69) is 9.98 Å². The number of aromatic nitrogens is 4. The van der Waals surface area contributed by atoms with Gasteiger partial charge in [-0.2, -0.15) is 4.98 Å². The summed E-state index contributed by atoms with van der Waals surface area (Å²) in [5, 5.41) is 11.0. The van der Waals surface area contributed by atoms with Crippen LogP contribution in [0.4, 0.5) is 11.6 Å². The Morgan fingerprint density at radius 2 is 1.46 bits per heavy atom. The summed E-state index contributed by atoms with van der Waals surface area (Å²) in [6.45, 7) is 0.252. The van der Waals surface area contributed by atoms with Crippen molar-refractivity contribution in [1.82, 2.24) is 24.4 Å². The third-order valence-electron chi connectivity index (χ3n) is 6.04. The molecule has 0 atom stereocenters. The molecule has 0 bridgehead atoms. The van der Waals surface area contributed by atoms with Crippen LogP contribution in [0.3, 0.4) is 0 Å². The molecular weight excluding hydrogens is 494 g/mol. The van der Waals surface area contributed by atoms with Gasteiger partial charge in [-0.15, -0.1) is 0 Å². The summed E-state index contributed by atoms with van der Waals surface area (Å²) in [7, 11) is 3.65. The van der Waals surface area contributed by atoms with Crippen LogP contribution >= 0.6 is 0 Å². The van der Waals surface area contributed by atoms with Crippen molar-refractivity contribution in [3.05, 3.63) is 111 Å². The second-order valence-corrected chi connectivity index (χ2v) is 9.08. The number of non-ortho nitro benzene ring substituents is 1. The molecule has 3 aromatic carbocycles. The lowest BCUT2D eigenvalue weighted by Crippen LogP contribution is -2.24. The lowest BCUT2D eigenvalue weighted by molar-refractivity contribution is -0.384. The molecule has 194 valence electrons. The van der Waals surface area contributed by atoms with Gasteiger partial charge in [0.1, 0.15) is 0 Å². The van der Waals surface area contributed by atoms with Crippen molar-refractivity contribution in [3.63, 3.8) is 0 Å². The smallest absolute Gasteiger partial charge is 0.283 e. The quantitative estimate of drug-likeness (QED) is 0.124. The van der Waals surface area contributed by atoms with E-state index in [0.717, 1.165) is 16.7 Å². The van der Waals surface area contributed by atoms with Crippen LogP contribution in [0.1, 0.15) is 5.56 Å². The minimum absolute atomic E-state index is 0.0116. The van der Waals surface area contributed by atoms with Crippen LogP contribution in [-0.2, 0) is 13.0 Å². The molecule has 0 saturated carbocycles. The van der Waals surface area contributed by atoms with Crippen LogP contribution in [0.5, 0.6) is 0 Å². The van der Waals surface area contributed by atoms with Crippen molar-refractivity contribution in [1.29, 1.82) is 0 Å². The van der Waals surface area contributed by atoms with Crippen molar-refractivity contribution in [2.45, 2.75) is 13.0 Å². The maximum atomic E-state index is 13.8. The van der Waals surface area contributed by atoms with Gasteiger partial charge in [-0.3, -0.25) is 19.5 Å². The largest absolute Gasteiger partial charge is 0.369 e. The molecule has 0 aliphatic rings. The molecule has 0 saturated heterocycles. The minimum Gasteiger partial charge on any atom is -0.369 e. The topological polar surface area (TPSA) is 119 Å². The lowest BCUT2D eigenvalue weighted by Gasteiger charge is -2.14. The molecule has 5 rings (SSSR count). The van der Waals surface area contributed by atoms with Crippen LogP contribution in [0.15, 0.2) is 94.7 Å². The Morgan fingerprint density at radius 1 is 0.872 bits per heavy atom. The highest BCUT2D eigenvalue weighted by Gasteiger charge is 2.19. The van der Waals surface area contributed by atoms with Gasteiger partial charge in [-0.25, -0.2) is 15.0 Å². The van der Waals surface area contributed by atoms with Gasteiger partial charge in [-0.05, 0) is 12.0 Å². The molecule has 0 N–H and O–H groups in total. The first-order valence-electron chi connectivity index (χ1n) is 12.3. The molecule has 5 aromatic rings. The third-order valence-corrected chi connectivity index (χ3v) is 6.04. The summed E-state index contributed by atoms with van der Waals surface area (Å²) >= 11 is 0. The number of nitro benzene ring substituents is 1. The standard InChI is InChI=1S/C29H25N7O3/c1-34(2)19-30-29-33-27-26(28(37)35(29)18-17-20-13-15-23(16-14-20)36(38)39)31-24(21-9-5-3-6-10-21)25(32-27)22-11-7-4-8-12-22/h3-16,19H,17-18H2,1-2H3/b30-19+. The first-order valence-corrected chi connectivity index (χ1v) is 12.3. The van der Waals surface area contributed by atoms with Gasteiger partial charge in [0.25, 0.3) is 11.2 Å². The Bertz CT molecular complexity index is 1720. The van der Waals surface area contributed by atoms with Gasteiger partial charge in [0.2, 0.25) is 5.95 Å². The van der Waals surface area contributed by atoms with Crippen molar-refractivity contribution in [2.24, 2.45) is 4.99 Å². The summed E-state index contributed by atoms with van der Waals surface area (Å²) in [6.07, 6.45) is 2.01. The monoisotopic (exact) mass is 519 g/mol. The summed E-state index contributed by atoms with van der Waals surface area (Å²) in [5.74, 6) is 0.198. The average molecular weight is 520 g/mol. The van der Waals surface area contributed by atoms with Gasteiger partial charge in [0.05, 0.1) is 22.6 Å². The second kappa shape index (κ2) is 11.0. The molecular formula is C29H25N7O3. The fourth-order valence-electron chi connectivity index (χ4n) is 4.11. The second-order valence-electron chi connectivity index (χ2n) is 9.08. The lowest BCUT2D eigenvalue weighted by atomic mass is 10.0. The van der Waals surface area contributed by atoms with Crippen LogP contribution in [0.25, 0.3) is 33.7 Å². The Labute approximate surface area is 224 Å². The predicted molar refractivity (Wildman–Crippen MR) is 151 cm³/mol. The molecule has 0 unspecified atom stereocenters. The molecule has 0 radical (unpaired) electrons. The van der Waals surface area contributed by atoms with Gasteiger partial charge in [0, 0.05) is 43.9 Å². The molecule has 0 spiro atoms. The Balaban J connectivity index is 1.66. The summed E-state index contributed by atoms with van der Waals surface area (Å²) in [5.41, 5.74) is 3.72. The predicted octanol–water partition coefficient (Wildman–Crippen LogP) is 4.89. The van der Waals surface area contributed by atoms with Crippen LogP contribution in [0.2, 0.25) is 0 Å². The molecule has 0 fully saturated rings. The molecule has 0 amide bonds. The molecule has 10 heteroatoms. The van der Waals surface area contributed by atoms with E-state index >= 15 is 0 Å². The number of rotatable bonds is 8. The molecule has 2 aromatic heterocycles. The van der Waals surface area contributed by atoms with E-state index in [4.69, 9.17) is 9.97 Å². The first kappa shape index (κ1) is 25.4. The molecule has 0 aliphatic carbocycles. The number of hydrogen-bond donors (Lipinski definition) is 0. The fraction of sp³-hybridized carbons (Fsp3) is 0.138. The van der Waals surface area contributed by atoms with Crippen LogP contribution in [0, 0.1) is 10.1 Å². The highest BCUT2D eigenvalue weighted by atomic mass is 16.6. The average Bonchev–Trinajstić information content (AvgIpc) is 2.96. The van der Waals surface area contributed by atoms with E-state index < -0.39 is 4.92 Å². The van der Waals surface area contributed by atoms with Crippen molar-refractivity contribution >= 4 is 29.1 Å². The summed E-state index contributed by atoms with van der Waals surface area (Å²) in [4.78, 5) is 44.9. The highest BCUT2D eigenvalue weighted by molar-refractivity contribution is 5.84.